The highest BCUT2D eigenvalue weighted by molar-refractivity contribution is 6.09. The Bertz CT molecular complexity index is 1240. The summed E-state index contributed by atoms with van der Waals surface area (Å²) in [5.41, 5.74) is 2.45. The first-order valence-corrected chi connectivity index (χ1v) is 9.62. The van der Waals surface area contributed by atoms with E-state index >= 15 is 0 Å². The average Bonchev–Trinajstić information content (AvgIpc) is 3.30. The van der Waals surface area contributed by atoms with Gasteiger partial charge in [0.15, 0.2) is 11.6 Å². The number of halogens is 1. The van der Waals surface area contributed by atoms with E-state index in [0.29, 0.717) is 11.4 Å². The first-order valence-electron chi connectivity index (χ1n) is 9.62. The van der Waals surface area contributed by atoms with Gasteiger partial charge in [-0.05, 0) is 31.2 Å². The number of rotatable bonds is 3. The first kappa shape index (κ1) is 17.8. The van der Waals surface area contributed by atoms with Gasteiger partial charge in [-0.3, -0.25) is 13.9 Å². The fourth-order valence-electron chi connectivity index (χ4n) is 3.99. The zero-order valence-corrected chi connectivity index (χ0v) is 16.3. The highest BCUT2D eigenvalue weighted by atomic mass is 19.1. The molecule has 0 bridgehead atoms. The van der Waals surface area contributed by atoms with Crippen molar-refractivity contribution in [2.45, 2.75) is 13.0 Å². The number of imidazole rings is 1. The van der Waals surface area contributed by atoms with Crippen molar-refractivity contribution in [1.82, 2.24) is 24.5 Å². The number of piperazine rings is 1. The Morgan fingerprint density at radius 3 is 3.00 bits per heavy atom. The molecule has 1 N–H and O–H groups in total. The monoisotopic (exact) mass is 392 g/mol. The van der Waals surface area contributed by atoms with E-state index in [2.05, 4.69) is 27.2 Å². The van der Waals surface area contributed by atoms with Crippen LogP contribution in [0.5, 0.6) is 0 Å². The fourth-order valence-corrected chi connectivity index (χ4v) is 3.99. The molecular formula is C21H21FN6O. The van der Waals surface area contributed by atoms with E-state index in [1.54, 1.807) is 29.9 Å². The standard InChI is InChI=1S/C21H21FN6O/c1-13-11-27(6-4-23-13)16-3-5-28-17(9-16)10-24-21(28)20(29)14-7-15-12-26(2)25-19(15)18(22)8-14/h3,5,7-10,12-13,23H,4,6,11H2,1-2H3/t13-/m0/s1. The minimum Gasteiger partial charge on any atom is -0.369 e. The van der Waals surface area contributed by atoms with Gasteiger partial charge in [0.1, 0.15) is 5.52 Å². The van der Waals surface area contributed by atoms with E-state index in [0.717, 1.165) is 30.8 Å². The molecule has 1 fully saturated rings. The first-order chi connectivity index (χ1) is 14.0. The fraction of sp³-hybridized carbons (Fsp3) is 0.286. The van der Waals surface area contributed by atoms with Gasteiger partial charge in [-0.15, -0.1) is 0 Å². The van der Waals surface area contributed by atoms with Crippen molar-refractivity contribution in [3.05, 3.63) is 60.1 Å². The third-order valence-electron chi connectivity index (χ3n) is 5.39. The summed E-state index contributed by atoms with van der Waals surface area (Å²) in [4.78, 5) is 19.7. The van der Waals surface area contributed by atoms with Gasteiger partial charge in [0.25, 0.3) is 0 Å². The largest absolute Gasteiger partial charge is 0.369 e. The van der Waals surface area contributed by atoms with Crippen LogP contribution in [0.15, 0.2) is 42.9 Å². The maximum absolute atomic E-state index is 14.4. The predicted octanol–water partition coefficient (Wildman–Crippen LogP) is 2.39. The molecule has 4 heterocycles. The molecule has 1 aromatic carbocycles. The maximum Gasteiger partial charge on any atom is 0.228 e. The van der Waals surface area contributed by atoms with Crippen LogP contribution in [0.1, 0.15) is 23.1 Å². The number of hydrogen-bond donors (Lipinski definition) is 1. The summed E-state index contributed by atoms with van der Waals surface area (Å²) < 4.78 is 17.7. The second kappa shape index (κ2) is 6.66. The molecule has 148 valence electrons. The van der Waals surface area contributed by atoms with Crippen LogP contribution in [-0.4, -0.2) is 50.6 Å². The Hall–Kier alpha value is -3.26. The Morgan fingerprint density at radius 2 is 2.17 bits per heavy atom. The summed E-state index contributed by atoms with van der Waals surface area (Å²) in [6, 6.07) is 7.35. The van der Waals surface area contributed by atoms with Crippen LogP contribution in [0.2, 0.25) is 0 Å². The number of nitrogens with zero attached hydrogens (tertiary/aromatic N) is 5. The third-order valence-corrected chi connectivity index (χ3v) is 5.39. The van der Waals surface area contributed by atoms with E-state index in [4.69, 9.17) is 0 Å². The number of nitrogens with one attached hydrogen (secondary N) is 1. The Kier molecular flexibility index (Phi) is 4.09. The SMILES string of the molecule is C[C@H]1CN(c2ccn3c(C(=O)c4cc(F)c5nn(C)cc5c4)ncc3c2)CCN1. The Morgan fingerprint density at radius 1 is 1.31 bits per heavy atom. The number of carbonyl (C=O) groups is 1. The number of ketones is 1. The van der Waals surface area contributed by atoms with E-state index in [-0.39, 0.29) is 22.7 Å². The summed E-state index contributed by atoms with van der Waals surface area (Å²) in [5, 5.41) is 8.11. The summed E-state index contributed by atoms with van der Waals surface area (Å²) in [6.07, 6.45) is 5.23. The van der Waals surface area contributed by atoms with Crippen molar-refractivity contribution in [3.8, 4) is 0 Å². The van der Waals surface area contributed by atoms with Crippen LogP contribution in [0.3, 0.4) is 0 Å². The number of aromatic nitrogens is 4. The smallest absolute Gasteiger partial charge is 0.228 e. The number of carbonyl (C=O) groups excluding carboxylic acids is 1. The van der Waals surface area contributed by atoms with Crippen LogP contribution in [-0.2, 0) is 7.05 Å². The van der Waals surface area contributed by atoms with E-state index in [9.17, 15) is 9.18 Å². The number of aryl methyl sites for hydroxylation is 1. The number of pyridine rings is 1. The van der Waals surface area contributed by atoms with Gasteiger partial charge in [-0.1, -0.05) is 0 Å². The number of anilines is 1. The van der Waals surface area contributed by atoms with E-state index < -0.39 is 5.82 Å². The molecule has 7 nitrogen and oxygen atoms in total. The van der Waals surface area contributed by atoms with Crippen LogP contribution < -0.4 is 10.2 Å². The lowest BCUT2D eigenvalue weighted by atomic mass is 10.1. The highest BCUT2D eigenvalue weighted by Crippen LogP contribution is 2.23. The van der Waals surface area contributed by atoms with Crippen LogP contribution in [0.4, 0.5) is 10.1 Å². The molecule has 29 heavy (non-hydrogen) atoms. The van der Waals surface area contributed by atoms with Crippen LogP contribution >= 0.6 is 0 Å². The minimum absolute atomic E-state index is 0.256. The van der Waals surface area contributed by atoms with Gasteiger partial charge in [0, 0.05) is 61.8 Å². The molecule has 0 aliphatic carbocycles. The normalized spacial score (nSPS) is 17.3. The molecule has 0 spiro atoms. The summed E-state index contributed by atoms with van der Waals surface area (Å²) in [5.74, 6) is -0.566. The summed E-state index contributed by atoms with van der Waals surface area (Å²) >= 11 is 0. The van der Waals surface area contributed by atoms with Crippen LogP contribution in [0, 0.1) is 5.82 Å². The highest BCUT2D eigenvalue weighted by Gasteiger charge is 2.20. The molecule has 0 unspecified atom stereocenters. The molecule has 1 aliphatic heterocycles. The van der Waals surface area contributed by atoms with Crippen molar-refractivity contribution in [1.29, 1.82) is 0 Å². The van der Waals surface area contributed by atoms with Crippen molar-refractivity contribution in [3.63, 3.8) is 0 Å². The van der Waals surface area contributed by atoms with Gasteiger partial charge in [0.2, 0.25) is 5.78 Å². The molecule has 0 saturated carbocycles. The zero-order valence-electron chi connectivity index (χ0n) is 16.3. The van der Waals surface area contributed by atoms with Gasteiger partial charge in [0.05, 0.1) is 11.7 Å². The molecule has 8 heteroatoms. The molecule has 0 amide bonds. The second-order valence-electron chi connectivity index (χ2n) is 7.59. The molecule has 3 aromatic heterocycles. The van der Waals surface area contributed by atoms with Gasteiger partial charge in [-0.25, -0.2) is 9.37 Å². The lowest BCUT2D eigenvalue weighted by molar-refractivity contribution is 0.102. The third kappa shape index (κ3) is 3.05. The molecular weight excluding hydrogens is 371 g/mol. The Balaban J connectivity index is 1.51. The lowest BCUT2D eigenvalue weighted by Crippen LogP contribution is -2.49. The van der Waals surface area contributed by atoms with Gasteiger partial charge in [-0.2, -0.15) is 5.10 Å². The summed E-state index contributed by atoms with van der Waals surface area (Å²) in [7, 11) is 1.72. The maximum atomic E-state index is 14.4. The van der Waals surface area contributed by atoms with Gasteiger partial charge >= 0.3 is 0 Å². The number of fused-ring (bicyclic) bond motifs is 2. The quantitative estimate of drug-likeness (QED) is 0.543. The van der Waals surface area contributed by atoms with Gasteiger partial charge < -0.3 is 10.2 Å². The molecule has 0 radical (unpaired) electrons. The topological polar surface area (TPSA) is 67.5 Å². The van der Waals surface area contributed by atoms with Crippen molar-refractivity contribution >= 4 is 27.9 Å². The van der Waals surface area contributed by atoms with Crippen molar-refractivity contribution < 1.29 is 9.18 Å². The van der Waals surface area contributed by atoms with Crippen molar-refractivity contribution in [2.75, 3.05) is 24.5 Å². The predicted molar refractivity (Wildman–Crippen MR) is 109 cm³/mol. The minimum atomic E-state index is -0.512. The molecule has 1 atom stereocenters. The van der Waals surface area contributed by atoms with E-state index in [1.165, 1.54) is 10.7 Å². The van der Waals surface area contributed by atoms with E-state index in [1.807, 2.05) is 18.3 Å². The number of benzene rings is 1. The zero-order chi connectivity index (χ0) is 20.1. The number of hydrogen-bond acceptors (Lipinski definition) is 5. The van der Waals surface area contributed by atoms with Crippen LogP contribution in [0.25, 0.3) is 16.4 Å². The lowest BCUT2D eigenvalue weighted by Gasteiger charge is -2.33. The molecule has 1 aliphatic rings. The Labute approximate surface area is 166 Å². The molecule has 4 aromatic rings. The second-order valence-corrected chi connectivity index (χ2v) is 7.59. The molecule has 5 rings (SSSR count). The molecule has 1 saturated heterocycles. The summed E-state index contributed by atoms with van der Waals surface area (Å²) in [6.45, 7) is 4.97. The average molecular weight is 392 g/mol. The van der Waals surface area contributed by atoms with Crippen molar-refractivity contribution in [2.24, 2.45) is 7.05 Å².